The van der Waals surface area contributed by atoms with Crippen LogP contribution in [0.1, 0.15) is 12.0 Å². The van der Waals surface area contributed by atoms with Gasteiger partial charge in [-0.05, 0) is 30.2 Å². The van der Waals surface area contributed by atoms with Crippen molar-refractivity contribution >= 4 is 29.0 Å². The highest BCUT2D eigenvalue weighted by Gasteiger charge is 2.22. The smallest absolute Gasteiger partial charge is 0.138 e. The number of hydrogen-bond donors (Lipinski definition) is 1. The van der Waals surface area contributed by atoms with Crippen molar-refractivity contribution in [1.82, 2.24) is 5.32 Å². The zero-order valence-electron chi connectivity index (χ0n) is 8.80. The van der Waals surface area contributed by atoms with Gasteiger partial charge in [-0.25, -0.2) is 0 Å². The Morgan fingerprint density at radius 3 is 2.94 bits per heavy atom. The molecule has 1 aromatic rings. The summed E-state index contributed by atoms with van der Waals surface area (Å²) in [7, 11) is 0. The number of piperidine rings is 1. The molecule has 1 aliphatic rings. The molecule has 4 heteroatoms. The Bertz CT molecular complexity index is 406. The van der Waals surface area contributed by atoms with E-state index in [-0.39, 0.29) is 5.92 Å². The molecule has 1 heterocycles. The number of carbonyl (C=O) groups is 1. The van der Waals surface area contributed by atoms with Crippen molar-refractivity contribution < 1.29 is 4.79 Å². The molecular weight excluding hydrogens is 245 g/mol. The molecule has 2 rings (SSSR count). The standard InChI is InChI=1S/C12H13Cl2NO/c13-10-1-2-11(14)8(6-10)5-9-7-15-4-3-12(9)16/h1-2,6,9,15H,3-5,7H2. The first-order chi connectivity index (χ1) is 7.66. The second kappa shape index (κ2) is 5.17. The lowest BCUT2D eigenvalue weighted by Crippen LogP contribution is -2.37. The van der Waals surface area contributed by atoms with Crippen LogP contribution in [0.2, 0.25) is 10.0 Å². The average Bonchev–Trinajstić information content (AvgIpc) is 2.27. The van der Waals surface area contributed by atoms with E-state index < -0.39 is 0 Å². The normalized spacial score (nSPS) is 21.1. The highest BCUT2D eigenvalue weighted by Crippen LogP contribution is 2.24. The first kappa shape index (κ1) is 11.9. The topological polar surface area (TPSA) is 29.1 Å². The highest BCUT2D eigenvalue weighted by atomic mass is 35.5. The van der Waals surface area contributed by atoms with E-state index >= 15 is 0 Å². The Kier molecular flexibility index (Phi) is 3.85. The van der Waals surface area contributed by atoms with Crippen LogP contribution in [-0.4, -0.2) is 18.9 Å². The maximum absolute atomic E-state index is 11.7. The van der Waals surface area contributed by atoms with Gasteiger partial charge in [0.15, 0.2) is 0 Å². The lowest BCUT2D eigenvalue weighted by atomic mass is 9.91. The summed E-state index contributed by atoms with van der Waals surface area (Å²) in [5.74, 6) is 0.347. The number of nitrogens with one attached hydrogen (secondary N) is 1. The highest BCUT2D eigenvalue weighted by molar-refractivity contribution is 6.33. The molecule has 1 aromatic carbocycles. The van der Waals surface area contributed by atoms with Gasteiger partial charge in [0.1, 0.15) is 5.78 Å². The molecule has 1 N–H and O–H groups in total. The van der Waals surface area contributed by atoms with Gasteiger partial charge in [0.25, 0.3) is 0 Å². The second-order valence-electron chi connectivity index (χ2n) is 4.06. The summed E-state index contributed by atoms with van der Waals surface area (Å²) < 4.78 is 0. The lowest BCUT2D eigenvalue weighted by molar-refractivity contribution is -0.123. The maximum atomic E-state index is 11.7. The molecule has 2 nitrogen and oxygen atoms in total. The van der Waals surface area contributed by atoms with Crippen molar-refractivity contribution in [2.75, 3.05) is 13.1 Å². The zero-order chi connectivity index (χ0) is 11.5. The van der Waals surface area contributed by atoms with E-state index in [1.54, 1.807) is 12.1 Å². The van der Waals surface area contributed by atoms with Crippen LogP contribution >= 0.6 is 23.2 Å². The Hall–Kier alpha value is -0.570. The molecule has 1 atom stereocenters. The van der Waals surface area contributed by atoms with Gasteiger partial charge in [0.2, 0.25) is 0 Å². The number of benzene rings is 1. The van der Waals surface area contributed by atoms with Crippen LogP contribution < -0.4 is 5.32 Å². The van der Waals surface area contributed by atoms with Crippen LogP contribution in [0.25, 0.3) is 0 Å². The second-order valence-corrected chi connectivity index (χ2v) is 4.90. The van der Waals surface area contributed by atoms with Gasteiger partial charge < -0.3 is 5.32 Å². The van der Waals surface area contributed by atoms with E-state index in [0.717, 1.165) is 18.7 Å². The lowest BCUT2D eigenvalue weighted by Gasteiger charge is -2.22. The third kappa shape index (κ3) is 2.76. The van der Waals surface area contributed by atoms with Crippen molar-refractivity contribution in [3.05, 3.63) is 33.8 Å². The molecule has 86 valence electrons. The van der Waals surface area contributed by atoms with Gasteiger partial charge >= 0.3 is 0 Å². The Balaban J connectivity index is 2.13. The van der Waals surface area contributed by atoms with Crippen LogP contribution in [0.15, 0.2) is 18.2 Å². The predicted molar refractivity (Wildman–Crippen MR) is 66.1 cm³/mol. The molecule has 0 radical (unpaired) electrons. The summed E-state index contributed by atoms with van der Waals surface area (Å²) in [5.41, 5.74) is 0.955. The SMILES string of the molecule is O=C1CCNCC1Cc1cc(Cl)ccc1Cl. The van der Waals surface area contributed by atoms with Crippen molar-refractivity contribution in [2.45, 2.75) is 12.8 Å². The predicted octanol–water partition coefficient (Wildman–Crippen LogP) is 2.71. The Morgan fingerprint density at radius 1 is 1.38 bits per heavy atom. The minimum absolute atomic E-state index is 0.0321. The summed E-state index contributed by atoms with van der Waals surface area (Å²) in [5, 5.41) is 4.57. The Labute approximate surface area is 105 Å². The van der Waals surface area contributed by atoms with Gasteiger partial charge in [0, 0.05) is 35.5 Å². The molecule has 1 aliphatic heterocycles. The quantitative estimate of drug-likeness (QED) is 0.883. The molecule has 0 aliphatic carbocycles. The number of hydrogen-bond acceptors (Lipinski definition) is 2. The number of Topliss-reactive ketones (excluding diaryl/α,β-unsaturated/α-hetero) is 1. The largest absolute Gasteiger partial charge is 0.316 e. The Morgan fingerprint density at radius 2 is 2.19 bits per heavy atom. The number of halogens is 2. The minimum atomic E-state index is 0.0321. The molecule has 1 saturated heterocycles. The van der Waals surface area contributed by atoms with Gasteiger partial charge in [-0.1, -0.05) is 23.2 Å². The van der Waals surface area contributed by atoms with Gasteiger partial charge in [-0.2, -0.15) is 0 Å². The third-order valence-electron chi connectivity index (χ3n) is 2.87. The van der Waals surface area contributed by atoms with Crippen LogP contribution in [0, 0.1) is 5.92 Å². The number of rotatable bonds is 2. The summed E-state index contributed by atoms with van der Waals surface area (Å²) in [4.78, 5) is 11.7. The molecule has 16 heavy (non-hydrogen) atoms. The fraction of sp³-hybridized carbons (Fsp3) is 0.417. The number of carbonyl (C=O) groups excluding carboxylic acids is 1. The van der Waals surface area contributed by atoms with Gasteiger partial charge in [0.05, 0.1) is 0 Å². The summed E-state index contributed by atoms with van der Waals surface area (Å²) in [6.45, 7) is 1.53. The zero-order valence-corrected chi connectivity index (χ0v) is 10.3. The molecule has 0 bridgehead atoms. The molecular formula is C12H13Cl2NO. The van der Waals surface area contributed by atoms with E-state index in [9.17, 15) is 4.79 Å². The van der Waals surface area contributed by atoms with Crippen molar-refractivity contribution in [2.24, 2.45) is 5.92 Å². The monoisotopic (exact) mass is 257 g/mol. The van der Waals surface area contributed by atoms with Crippen molar-refractivity contribution in [1.29, 1.82) is 0 Å². The first-order valence-corrected chi connectivity index (χ1v) is 6.10. The summed E-state index contributed by atoms with van der Waals surface area (Å²) in [6.07, 6.45) is 1.29. The molecule has 1 fully saturated rings. The van der Waals surface area contributed by atoms with E-state index in [1.165, 1.54) is 0 Å². The molecule has 0 aromatic heterocycles. The molecule has 0 saturated carbocycles. The summed E-state index contributed by atoms with van der Waals surface area (Å²) >= 11 is 12.0. The fourth-order valence-electron chi connectivity index (χ4n) is 1.96. The van der Waals surface area contributed by atoms with Crippen LogP contribution in [0.5, 0.6) is 0 Å². The van der Waals surface area contributed by atoms with Crippen LogP contribution in [0.3, 0.4) is 0 Å². The van der Waals surface area contributed by atoms with Gasteiger partial charge in [-0.3, -0.25) is 4.79 Å². The minimum Gasteiger partial charge on any atom is -0.316 e. The van der Waals surface area contributed by atoms with E-state index in [1.807, 2.05) is 6.07 Å². The van der Waals surface area contributed by atoms with E-state index in [2.05, 4.69) is 5.32 Å². The third-order valence-corrected chi connectivity index (χ3v) is 3.47. The van der Waals surface area contributed by atoms with Crippen LogP contribution in [0.4, 0.5) is 0 Å². The average molecular weight is 258 g/mol. The van der Waals surface area contributed by atoms with Crippen LogP contribution in [-0.2, 0) is 11.2 Å². The van der Waals surface area contributed by atoms with Gasteiger partial charge in [-0.15, -0.1) is 0 Å². The molecule has 1 unspecified atom stereocenters. The fourth-order valence-corrected chi connectivity index (χ4v) is 2.35. The van der Waals surface area contributed by atoms with E-state index in [0.29, 0.717) is 28.7 Å². The molecule has 0 amide bonds. The van der Waals surface area contributed by atoms with Crippen molar-refractivity contribution in [3.63, 3.8) is 0 Å². The van der Waals surface area contributed by atoms with E-state index in [4.69, 9.17) is 23.2 Å². The van der Waals surface area contributed by atoms with Crippen molar-refractivity contribution in [3.8, 4) is 0 Å². The first-order valence-electron chi connectivity index (χ1n) is 5.34. The molecule has 0 spiro atoms. The number of ketones is 1. The maximum Gasteiger partial charge on any atom is 0.138 e. The summed E-state index contributed by atoms with van der Waals surface area (Å²) in [6, 6.07) is 5.38.